The molecule has 1 aromatic heterocycles. The van der Waals surface area contributed by atoms with E-state index >= 15 is 0 Å². The Labute approximate surface area is 140 Å². The van der Waals surface area contributed by atoms with Crippen molar-refractivity contribution in [1.82, 2.24) is 14.4 Å². The standard InChI is InChI=1S/C16H19N3O4S/c1-10-4-3-5-12(6-10)24(20,21)19-7-13-14(9-22-15(13)8-19)16-17-11(2)18-23-16/h3-6,13-15H,7-9H2,1-2H3/t13-,14+,15-/m0/s1. The van der Waals surface area contributed by atoms with E-state index in [4.69, 9.17) is 9.26 Å². The number of aryl methyl sites for hydroxylation is 2. The van der Waals surface area contributed by atoms with E-state index in [1.54, 1.807) is 25.1 Å². The largest absolute Gasteiger partial charge is 0.376 e. The topological polar surface area (TPSA) is 85.5 Å². The molecule has 8 heteroatoms. The van der Waals surface area contributed by atoms with Gasteiger partial charge in [0.15, 0.2) is 5.82 Å². The Morgan fingerprint density at radius 3 is 2.79 bits per heavy atom. The second-order valence-corrected chi connectivity index (χ2v) is 8.40. The van der Waals surface area contributed by atoms with Gasteiger partial charge >= 0.3 is 0 Å². The van der Waals surface area contributed by atoms with Crippen LogP contribution in [0.2, 0.25) is 0 Å². The predicted molar refractivity (Wildman–Crippen MR) is 84.9 cm³/mol. The molecule has 2 aromatic rings. The van der Waals surface area contributed by atoms with Gasteiger partial charge in [-0.25, -0.2) is 8.42 Å². The average molecular weight is 349 g/mol. The van der Waals surface area contributed by atoms with E-state index in [2.05, 4.69) is 10.1 Å². The predicted octanol–water partition coefficient (Wildman–Crippen LogP) is 1.49. The highest BCUT2D eigenvalue weighted by Crippen LogP contribution is 2.40. The molecule has 0 amide bonds. The molecule has 2 fully saturated rings. The lowest BCUT2D eigenvalue weighted by atomic mass is 9.93. The Kier molecular flexibility index (Phi) is 3.70. The number of aromatic nitrogens is 2. The van der Waals surface area contributed by atoms with Gasteiger partial charge in [0.1, 0.15) is 0 Å². The molecular weight excluding hydrogens is 330 g/mol. The van der Waals surface area contributed by atoms with Crippen LogP contribution in [-0.4, -0.2) is 48.7 Å². The molecule has 3 atom stereocenters. The first-order valence-corrected chi connectivity index (χ1v) is 9.38. The summed E-state index contributed by atoms with van der Waals surface area (Å²) in [4.78, 5) is 4.61. The van der Waals surface area contributed by atoms with Gasteiger partial charge in [0, 0.05) is 19.0 Å². The van der Waals surface area contributed by atoms with Crippen molar-refractivity contribution in [3.05, 3.63) is 41.5 Å². The number of nitrogens with zero attached hydrogens (tertiary/aromatic N) is 3. The van der Waals surface area contributed by atoms with E-state index in [1.807, 2.05) is 13.0 Å². The van der Waals surface area contributed by atoms with Gasteiger partial charge in [-0.2, -0.15) is 9.29 Å². The van der Waals surface area contributed by atoms with Crippen molar-refractivity contribution < 1.29 is 17.7 Å². The third kappa shape index (κ3) is 2.54. The first-order chi connectivity index (χ1) is 11.4. The van der Waals surface area contributed by atoms with Crippen LogP contribution in [0.15, 0.2) is 33.7 Å². The van der Waals surface area contributed by atoms with E-state index < -0.39 is 10.0 Å². The van der Waals surface area contributed by atoms with Gasteiger partial charge in [0.25, 0.3) is 0 Å². The second-order valence-electron chi connectivity index (χ2n) is 6.46. The summed E-state index contributed by atoms with van der Waals surface area (Å²) in [6.07, 6.45) is -0.123. The van der Waals surface area contributed by atoms with Crippen LogP contribution < -0.4 is 0 Å². The van der Waals surface area contributed by atoms with E-state index in [9.17, 15) is 8.42 Å². The summed E-state index contributed by atoms with van der Waals surface area (Å²) in [5.74, 6) is 1.11. The normalized spacial score (nSPS) is 27.5. The first-order valence-electron chi connectivity index (χ1n) is 7.94. The number of rotatable bonds is 3. The Morgan fingerprint density at radius 1 is 1.25 bits per heavy atom. The molecule has 0 spiro atoms. The van der Waals surface area contributed by atoms with Crippen LogP contribution in [0.4, 0.5) is 0 Å². The van der Waals surface area contributed by atoms with Crippen molar-refractivity contribution in [3.63, 3.8) is 0 Å². The Hall–Kier alpha value is -1.77. The molecule has 128 valence electrons. The number of benzene rings is 1. The van der Waals surface area contributed by atoms with E-state index in [-0.39, 0.29) is 17.9 Å². The van der Waals surface area contributed by atoms with Crippen molar-refractivity contribution in [1.29, 1.82) is 0 Å². The SMILES string of the molecule is Cc1cccc(S(=O)(=O)N2C[C@@H]3[C@H](C2)OC[C@H]3c2nc(C)no2)c1. The number of hydrogen-bond donors (Lipinski definition) is 0. The Morgan fingerprint density at radius 2 is 2.08 bits per heavy atom. The van der Waals surface area contributed by atoms with Gasteiger partial charge in [-0.15, -0.1) is 0 Å². The van der Waals surface area contributed by atoms with E-state index in [0.29, 0.717) is 36.3 Å². The maximum absolute atomic E-state index is 12.9. The van der Waals surface area contributed by atoms with Gasteiger partial charge < -0.3 is 9.26 Å². The third-order valence-electron chi connectivity index (χ3n) is 4.77. The highest BCUT2D eigenvalue weighted by Gasteiger charge is 2.49. The molecule has 4 rings (SSSR count). The molecule has 0 saturated carbocycles. The molecule has 0 radical (unpaired) electrons. The fourth-order valence-electron chi connectivity index (χ4n) is 3.52. The number of fused-ring (bicyclic) bond motifs is 1. The van der Waals surface area contributed by atoms with Crippen molar-refractivity contribution in [3.8, 4) is 0 Å². The molecule has 2 aliphatic rings. The Balaban J connectivity index is 1.58. The number of ether oxygens (including phenoxy) is 1. The lowest BCUT2D eigenvalue weighted by Crippen LogP contribution is -2.31. The quantitative estimate of drug-likeness (QED) is 0.834. The minimum atomic E-state index is -3.52. The van der Waals surface area contributed by atoms with Crippen molar-refractivity contribution in [2.45, 2.75) is 30.8 Å². The van der Waals surface area contributed by atoms with Gasteiger partial charge in [0.2, 0.25) is 15.9 Å². The van der Waals surface area contributed by atoms with Crippen LogP contribution in [0.3, 0.4) is 0 Å². The molecule has 24 heavy (non-hydrogen) atoms. The number of hydrogen-bond acceptors (Lipinski definition) is 6. The summed E-state index contributed by atoms with van der Waals surface area (Å²) >= 11 is 0. The summed E-state index contributed by atoms with van der Waals surface area (Å²) in [5.41, 5.74) is 0.922. The minimum absolute atomic E-state index is 0.0458. The summed E-state index contributed by atoms with van der Waals surface area (Å²) in [6, 6.07) is 6.98. The Bertz CT molecular complexity index is 864. The summed E-state index contributed by atoms with van der Waals surface area (Å²) in [6.45, 7) is 4.92. The van der Waals surface area contributed by atoms with Crippen LogP contribution >= 0.6 is 0 Å². The maximum Gasteiger partial charge on any atom is 0.243 e. The van der Waals surface area contributed by atoms with Crippen molar-refractivity contribution in [2.24, 2.45) is 5.92 Å². The highest BCUT2D eigenvalue weighted by molar-refractivity contribution is 7.89. The lowest BCUT2D eigenvalue weighted by Gasteiger charge is -2.18. The van der Waals surface area contributed by atoms with Gasteiger partial charge in [-0.3, -0.25) is 0 Å². The van der Waals surface area contributed by atoms with Crippen molar-refractivity contribution >= 4 is 10.0 Å². The molecular formula is C16H19N3O4S. The molecule has 0 unspecified atom stereocenters. The summed E-state index contributed by atoms with van der Waals surface area (Å²) in [5, 5.41) is 3.83. The summed E-state index contributed by atoms with van der Waals surface area (Å²) < 4.78 is 38.3. The third-order valence-corrected chi connectivity index (χ3v) is 6.60. The molecule has 7 nitrogen and oxygen atoms in total. The second kappa shape index (κ2) is 5.65. The van der Waals surface area contributed by atoms with Crippen LogP contribution in [0, 0.1) is 19.8 Å². The minimum Gasteiger partial charge on any atom is -0.376 e. The smallest absolute Gasteiger partial charge is 0.243 e. The molecule has 0 N–H and O–H groups in total. The first kappa shape index (κ1) is 15.7. The van der Waals surface area contributed by atoms with Gasteiger partial charge in [0.05, 0.1) is 23.5 Å². The molecule has 2 aliphatic heterocycles. The van der Waals surface area contributed by atoms with Crippen molar-refractivity contribution in [2.75, 3.05) is 19.7 Å². The van der Waals surface area contributed by atoms with E-state index in [1.165, 1.54) is 4.31 Å². The average Bonchev–Trinajstić information content (AvgIpc) is 3.22. The lowest BCUT2D eigenvalue weighted by molar-refractivity contribution is 0.105. The molecule has 2 saturated heterocycles. The zero-order valence-corrected chi connectivity index (χ0v) is 14.4. The van der Waals surface area contributed by atoms with Crippen LogP contribution in [0.5, 0.6) is 0 Å². The van der Waals surface area contributed by atoms with Gasteiger partial charge in [-0.1, -0.05) is 17.3 Å². The summed E-state index contributed by atoms with van der Waals surface area (Å²) in [7, 11) is -3.52. The monoisotopic (exact) mass is 349 g/mol. The van der Waals surface area contributed by atoms with Crippen LogP contribution in [-0.2, 0) is 14.8 Å². The zero-order chi connectivity index (χ0) is 16.9. The molecule has 3 heterocycles. The van der Waals surface area contributed by atoms with Crippen LogP contribution in [0.25, 0.3) is 0 Å². The maximum atomic E-state index is 12.9. The zero-order valence-electron chi connectivity index (χ0n) is 13.5. The fraction of sp³-hybridized carbons (Fsp3) is 0.500. The van der Waals surface area contributed by atoms with Crippen LogP contribution in [0.1, 0.15) is 23.2 Å². The molecule has 0 bridgehead atoms. The highest BCUT2D eigenvalue weighted by atomic mass is 32.2. The van der Waals surface area contributed by atoms with E-state index in [0.717, 1.165) is 5.56 Å². The van der Waals surface area contributed by atoms with Gasteiger partial charge in [-0.05, 0) is 31.5 Å². The number of sulfonamides is 1. The molecule has 0 aliphatic carbocycles. The fourth-order valence-corrected chi connectivity index (χ4v) is 5.11. The molecule has 1 aromatic carbocycles.